The number of benzene rings is 1. The molecule has 0 bridgehead atoms. The van der Waals surface area contributed by atoms with Gasteiger partial charge in [0.1, 0.15) is 0 Å². The molecule has 0 aliphatic rings. The fraction of sp³-hybridized carbons (Fsp3) is 0.462. The van der Waals surface area contributed by atoms with Gasteiger partial charge >= 0.3 is 121 Å². The van der Waals surface area contributed by atoms with Gasteiger partial charge in [-0.05, 0) is 0 Å². The van der Waals surface area contributed by atoms with Crippen LogP contribution in [0, 0.1) is 0 Å². The van der Waals surface area contributed by atoms with Gasteiger partial charge < -0.3 is 0 Å². The molecule has 0 saturated heterocycles. The van der Waals surface area contributed by atoms with E-state index in [0.29, 0.717) is 5.32 Å². The molecule has 2 nitrogen and oxygen atoms in total. The molecule has 0 saturated carbocycles. The Morgan fingerprint density at radius 1 is 1.33 bits per heavy atom. The minimum absolute atomic E-state index is 0.0394. The van der Waals surface area contributed by atoms with Crippen molar-refractivity contribution in [2.45, 2.75) is 31.2 Å². The molecule has 1 aromatic rings. The van der Waals surface area contributed by atoms with Crippen LogP contribution in [-0.4, -0.2) is 32.7 Å². The van der Waals surface area contributed by atoms with Crippen LogP contribution in [0.5, 0.6) is 0 Å². The minimum atomic E-state index is -1.73. The Bertz CT molecular complexity index is 454. The Morgan fingerprint density at radius 3 is 2.33 bits per heavy atom. The van der Waals surface area contributed by atoms with Gasteiger partial charge in [0.15, 0.2) is 0 Å². The number of methoxy groups -OCH3 is 1. The fourth-order valence-corrected chi connectivity index (χ4v) is 11.0. The van der Waals surface area contributed by atoms with E-state index in [1.807, 2.05) is 18.2 Å². The standard InChI is InChI=1S/C13H19O2PSSe/c1-13(2,3)16(17,18-10-12(14)15-4)11-8-6-5-7-9-11/h5-9H,10H2,1-4H3. The van der Waals surface area contributed by atoms with Crippen LogP contribution >= 0.6 is 4.73 Å². The molecular weight excluding hydrogens is 330 g/mol. The molecule has 0 N–H and O–H groups in total. The van der Waals surface area contributed by atoms with Crippen LogP contribution in [0.1, 0.15) is 20.8 Å². The van der Waals surface area contributed by atoms with Gasteiger partial charge in [-0.2, -0.15) is 0 Å². The second-order valence-corrected chi connectivity index (χ2v) is 17.0. The number of rotatable bonds is 4. The second kappa shape index (κ2) is 6.34. The van der Waals surface area contributed by atoms with E-state index < -0.39 is 4.73 Å². The van der Waals surface area contributed by atoms with Gasteiger partial charge in [-0.3, -0.25) is 0 Å². The van der Waals surface area contributed by atoms with E-state index in [1.165, 1.54) is 12.4 Å². The van der Waals surface area contributed by atoms with E-state index in [1.54, 1.807) is 0 Å². The summed E-state index contributed by atoms with van der Waals surface area (Å²) in [6.07, 6.45) is 0. The van der Waals surface area contributed by atoms with E-state index in [2.05, 4.69) is 32.9 Å². The molecule has 1 atom stereocenters. The molecule has 0 aliphatic carbocycles. The summed E-state index contributed by atoms with van der Waals surface area (Å²) in [6, 6.07) is 10.3. The van der Waals surface area contributed by atoms with Crippen LogP contribution in [-0.2, 0) is 21.3 Å². The van der Waals surface area contributed by atoms with Gasteiger partial charge in [0, 0.05) is 0 Å². The first-order valence-electron chi connectivity index (χ1n) is 5.68. The molecule has 1 rings (SSSR count). The average molecular weight is 349 g/mol. The molecule has 0 fully saturated rings. The molecule has 0 heterocycles. The van der Waals surface area contributed by atoms with Crippen LogP contribution in [0.25, 0.3) is 0 Å². The number of carbonyl (C=O) groups is 1. The number of hydrogen-bond acceptors (Lipinski definition) is 3. The molecule has 0 radical (unpaired) electrons. The molecule has 1 aromatic carbocycles. The van der Waals surface area contributed by atoms with Crippen LogP contribution in [0.2, 0.25) is 5.32 Å². The molecule has 18 heavy (non-hydrogen) atoms. The van der Waals surface area contributed by atoms with Crippen molar-refractivity contribution in [3.63, 3.8) is 0 Å². The first-order chi connectivity index (χ1) is 8.31. The van der Waals surface area contributed by atoms with Gasteiger partial charge in [-0.25, -0.2) is 0 Å². The summed E-state index contributed by atoms with van der Waals surface area (Å²) >= 11 is 6.10. The SMILES string of the molecule is COC(=O)C[Se]P(=S)(c1ccccc1)C(C)(C)C. The summed E-state index contributed by atoms with van der Waals surface area (Å²) in [7, 11) is 1.43. The number of esters is 1. The van der Waals surface area contributed by atoms with Gasteiger partial charge in [-0.15, -0.1) is 0 Å². The number of hydrogen-bond donors (Lipinski definition) is 0. The monoisotopic (exact) mass is 350 g/mol. The zero-order valence-electron chi connectivity index (χ0n) is 11.2. The van der Waals surface area contributed by atoms with E-state index >= 15 is 0 Å². The zero-order valence-corrected chi connectivity index (χ0v) is 14.6. The first-order valence-corrected chi connectivity index (χ1v) is 11.9. The van der Waals surface area contributed by atoms with Crippen molar-refractivity contribution < 1.29 is 9.53 Å². The van der Waals surface area contributed by atoms with Crippen LogP contribution < -0.4 is 5.30 Å². The first kappa shape index (κ1) is 15.9. The van der Waals surface area contributed by atoms with E-state index in [-0.39, 0.29) is 25.6 Å². The van der Waals surface area contributed by atoms with Crippen molar-refractivity contribution in [1.82, 2.24) is 0 Å². The quantitative estimate of drug-likeness (QED) is 0.475. The van der Waals surface area contributed by atoms with Crippen molar-refractivity contribution >= 4 is 42.3 Å². The van der Waals surface area contributed by atoms with E-state index in [4.69, 9.17) is 16.5 Å². The van der Waals surface area contributed by atoms with Crippen LogP contribution in [0.4, 0.5) is 0 Å². The van der Waals surface area contributed by atoms with Crippen LogP contribution in [0.3, 0.4) is 0 Å². The normalized spacial score (nSPS) is 14.9. The Morgan fingerprint density at radius 2 is 1.89 bits per heavy atom. The molecule has 0 aliphatic heterocycles. The van der Waals surface area contributed by atoms with Gasteiger partial charge in [0.2, 0.25) is 0 Å². The Labute approximate surface area is 120 Å². The Hall–Kier alpha value is -0.141. The third-order valence-electron chi connectivity index (χ3n) is 2.57. The Balaban J connectivity index is 3.06. The van der Waals surface area contributed by atoms with E-state index in [9.17, 15) is 4.79 Å². The third-order valence-corrected chi connectivity index (χ3v) is 18.1. The van der Waals surface area contributed by atoms with Crippen molar-refractivity contribution in [1.29, 1.82) is 0 Å². The maximum absolute atomic E-state index is 11.4. The Kier molecular flexibility index (Phi) is 5.61. The molecule has 0 amide bonds. The number of ether oxygens (including phenoxy) is 1. The third kappa shape index (κ3) is 3.68. The van der Waals surface area contributed by atoms with Crippen LogP contribution in [0.15, 0.2) is 30.3 Å². The van der Waals surface area contributed by atoms with Gasteiger partial charge in [0.25, 0.3) is 0 Å². The fourth-order valence-electron chi connectivity index (χ4n) is 1.48. The molecule has 1 unspecified atom stereocenters. The zero-order chi connectivity index (χ0) is 13.8. The topological polar surface area (TPSA) is 26.3 Å². The molecular formula is C13H19O2PSSe. The average Bonchev–Trinajstić information content (AvgIpc) is 2.35. The predicted octanol–water partition coefficient (Wildman–Crippen LogP) is 2.80. The van der Waals surface area contributed by atoms with Crippen molar-refractivity contribution in [3.05, 3.63) is 30.3 Å². The summed E-state index contributed by atoms with van der Waals surface area (Å²) < 4.78 is 3.01. The van der Waals surface area contributed by atoms with Crippen molar-refractivity contribution in [3.8, 4) is 0 Å². The van der Waals surface area contributed by atoms with Crippen molar-refractivity contribution in [2.75, 3.05) is 7.11 Å². The summed E-state index contributed by atoms with van der Waals surface area (Å²) in [6.45, 7) is 6.54. The predicted molar refractivity (Wildman–Crippen MR) is 82.7 cm³/mol. The summed E-state index contributed by atoms with van der Waals surface area (Å²) in [5.41, 5.74) is 0. The van der Waals surface area contributed by atoms with Gasteiger partial charge in [0.05, 0.1) is 0 Å². The van der Waals surface area contributed by atoms with Crippen molar-refractivity contribution in [2.24, 2.45) is 0 Å². The molecule has 0 aromatic heterocycles. The second-order valence-electron chi connectivity index (χ2n) is 4.91. The summed E-state index contributed by atoms with van der Waals surface area (Å²) in [4.78, 5) is 11.4. The van der Waals surface area contributed by atoms with Gasteiger partial charge in [-0.1, -0.05) is 0 Å². The summed E-state index contributed by atoms with van der Waals surface area (Å²) in [5.74, 6) is -0.149. The molecule has 5 heteroatoms. The number of carbonyl (C=O) groups excluding carboxylic acids is 1. The maximum atomic E-state index is 11.4. The summed E-state index contributed by atoms with van der Waals surface area (Å²) in [5, 5.41) is 1.74. The molecule has 0 spiro atoms. The van der Waals surface area contributed by atoms with E-state index in [0.717, 1.165) is 0 Å². The molecule has 100 valence electrons.